The SMILES string of the molecule is CNc1cc(C(=O)NC2CCN(C)CC2C)c(Cl)cn1. The monoisotopic (exact) mass is 296 g/mol. The van der Waals surface area contributed by atoms with Crippen LogP contribution in [0, 0.1) is 5.92 Å². The number of aromatic nitrogens is 1. The Hall–Kier alpha value is -1.33. The highest BCUT2D eigenvalue weighted by Gasteiger charge is 2.26. The smallest absolute Gasteiger partial charge is 0.253 e. The maximum Gasteiger partial charge on any atom is 0.253 e. The van der Waals surface area contributed by atoms with Crippen LogP contribution in [-0.2, 0) is 0 Å². The quantitative estimate of drug-likeness (QED) is 0.894. The largest absolute Gasteiger partial charge is 0.373 e. The molecule has 1 aromatic rings. The number of pyridine rings is 1. The highest BCUT2D eigenvalue weighted by atomic mass is 35.5. The van der Waals surface area contributed by atoms with Crippen molar-refractivity contribution in [2.45, 2.75) is 19.4 Å². The summed E-state index contributed by atoms with van der Waals surface area (Å²) in [5.41, 5.74) is 0.470. The summed E-state index contributed by atoms with van der Waals surface area (Å²) in [6.45, 7) is 4.16. The van der Waals surface area contributed by atoms with E-state index < -0.39 is 0 Å². The second kappa shape index (κ2) is 6.41. The van der Waals surface area contributed by atoms with Crippen LogP contribution in [0.5, 0.6) is 0 Å². The van der Waals surface area contributed by atoms with Gasteiger partial charge in [0.25, 0.3) is 5.91 Å². The van der Waals surface area contributed by atoms with Crippen molar-refractivity contribution in [3.63, 3.8) is 0 Å². The lowest BCUT2D eigenvalue weighted by Crippen LogP contribution is -2.48. The fourth-order valence-electron chi connectivity index (χ4n) is 2.56. The van der Waals surface area contributed by atoms with Gasteiger partial charge in [0, 0.05) is 25.8 Å². The molecule has 1 saturated heterocycles. The Kier molecular flexibility index (Phi) is 4.83. The molecule has 0 aliphatic carbocycles. The van der Waals surface area contributed by atoms with Crippen LogP contribution in [0.3, 0.4) is 0 Å². The third-order valence-electron chi connectivity index (χ3n) is 3.78. The summed E-state index contributed by atoms with van der Waals surface area (Å²) in [7, 11) is 3.87. The average molecular weight is 297 g/mol. The van der Waals surface area contributed by atoms with Crippen LogP contribution in [-0.4, -0.2) is 49.0 Å². The first kappa shape index (κ1) is 15.1. The molecule has 0 aromatic carbocycles. The molecule has 0 radical (unpaired) electrons. The molecule has 0 bridgehead atoms. The number of piperidine rings is 1. The number of anilines is 1. The molecule has 0 saturated carbocycles. The third kappa shape index (κ3) is 3.41. The maximum absolute atomic E-state index is 12.4. The van der Waals surface area contributed by atoms with E-state index in [1.54, 1.807) is 13.1 Å². The number of carbonyl (C=O) groups excluding carboxylic acids is 1. The average Bonchev–Trinajstić information content (AvgIpc) is 2.42. The Morgan fingerprint density at radius 2 is 2.30 bits per heavy atom. The molecular formula is C14H21ClN4O. The minimum absolute atomic E-state index is 0.129. The van der Waals surface area contributed by atoms with E-state index in [4.69, 9.17) is 11.6 Å². The molecule has 0 spiro atoms. The minimum Gasteiger partial charge on any atom is -0.373 e. The van der Waals surface area contributed by atoms with Crippen LogP contribution in [0.1, 0.15) is 23.7 Å². The van der Waals surface area contributed by atoms with E-state index in [0.29, 0.717) is 22.3 Å². The fourth-order valence-corrected chi connectivity index (χ4v) is 2.75. The van der Waals surface area contributed by atoms with Gasteiger partial charge in [-0.05, 0) is 32.0 Å². The molecule has 1 aliphatic heterocycles. The Morgan fingerprint density at radius 1 is 1.55 bits per heavy atom. The van der Waals surface area contributed by atoms with Crippen molar-refractivity contribution in [1.82, 2.24) is 15.2 Å². The van der Waals surface area contributed by atoms with Gasteiger partial charge >= 0.3 is 0 Å². The number of likely N-dealkylation sites (tertiary alicyclic amines) is 1. The van der Waals surface area contributed by atoms with Crippen LogP contribution in [0.2, 0.25) is 5.02 Å². The molecular weight excluding hydrogens is 276 g/mol. The van der Waals surface area contributed by atoms with Crippen LogP contribution in [0.15, 0.2) is 12.3 Å². The van der Waals surface area contributed by atoms with E-state index in [1.165, 1.54) is 6.20 Å². The Labute approximate surface area is 124 Å². The molecule has 2 heterocycles. The summed E-state index contributed by atoms with van der Waals surface area (Å²) in [6, 6.07) is 1.87. The van der Waals surface area contributed by atoms with Crippen molar-refractivity contribution in [2.75, 3.05) is 32.5 Å². The molecule has 2 N–H and O–H groups in total. The Morgan fingerprint density at radius 3 is 2.95 bits per heavy atom. The molecule has 6 heteroatoms. The Bertz CT molecular complexity index is 494. The van der Waals surface area contributed by atoms with Gasteiger partial charge in [-0.2, -0.15) is 0 Å². The van der Waals surface area contributed by atoms with Gasteiger partial charge in [0.1, 0.15) is 5.82 Å². The lowest BCUT2D eigenvalue weighted by atomic mass is 9.94. The second-order valence-corrected chi connectivity index (χ2v) is 5.81. The zero-order valence-corrected chi connectivity index (χ0v) is 12.9. The van der Waals surface area contributed by atoms with Gasteiger partial charge in [-0.3, -0.25) is 4.79 Å². The maximum atomic E-state index is 12.4. The summed E-state index contributed by atoms with van der Waals surface area (Å²) < 4.78 is 0. The van der Waals surface area contributed by atoms with Gasteiger partial charge in [-0.15, -0.1) is 0 Å². The summed E-state index contributed by atoms with van der Waals surface area (Å²) >= 11 is 6.07. The highest BCUT2D eigenvalue weighted by Crippen LogP contribution is 2.20. The number of halogens is 1. The van der Waals surface area contributed by atoms with Crippen LogP contribution in [0.4, 0.5) is 5.82 Å². The summed E-state index contributed by atoms with van der Waals surface area (Å²) in [5.74, 6) is 0.938. The normalized spacial score (nSPS) is 23.4. The van der Waals surface area contributed by atoms with E-state index >= 15 is 0 Å². The summed E-state index contributed by atoms with van der Waals surface area (Å²) in [5, 5.41) is 6.38. The number of nitrogens with zero attached hydrogens (tertiary/aromatic N) is 2. The summed E-state index contributed by atoms with van der Waals surface area (Å²) in [6.07, 6.45) is 2.46. The Balaban J connectivity index is 2.08. The molecule has 1 amide bonds. The van der Waals surface area contributed by atoms with E-state index in [9.17, 15) is 4.79 Å². The molecule has 2 unspecified atom stereocenters. The van der Waals surface area contributed by atoms with Crippen molar-refractivity contribution < 1.29 is 4.79 Å². The van der Waals surface area contributed by atoms with E-state index in [0.717, 1.165) is 19.5 Å². The first-order valence-corrected chi connectivity index (χ1v) is 7.21. The number of nitrogens with one attached hydrogen (secondary N) is 2. The van der Waals surface area contributed by atoms with Gasteiger partial charge in [0.15, 0.2) is 0 Å². The van der Waals surface area contributed by atoms with E-state index in [2.05, 4.69) is 34.5 Å². The van der Waals surface area contributed by atoms with Gasteiger partial charge < -0.3 is 15.5 Å². The number of amides is 1. The zero-order chi connectivity index (χ0) is 14.7. The molecule has 5 nitrogen and oxygen atoms in total. The lowest BCUT2D eigenvalue weighted by molar-refractivity contribution is 0.0884. The van der Waals surface area contributed by atoms with Crippen molar-refractivity contribution in [1.29, 1.82) is 0 Å². The van der Waals surface area contributed by atoms with Gasteiger partial charge in [0.2, 0.25) is 0 Å². The molecule has 1 fully saturated rings. The van der Waals surface area contributed by atoms with E-state index in [1.807, 2.05) is 0 Å². The van der Waals surface area contributed by atoms with E-state index in [-0.39, 0.29) is 11.9 Å². The lowest BCUT2D eigenvalue weighted by Gasteiger charge is -2.35. The van der Waals surface area contributed by atoms with Crippen molar-refractivity contribution in [3.8, 4) is 0 Å². The van der Waals surface area contributed by atoms with Crippen LogP contribution >= 0.6 is 11.6 Å². The first-order chi connectivity index (χ1) is 9.51. The molecule has 20 heavy (non-hydrogen) atoms. The predicted molar refractivity (Wildman–Crippen MR) is 81.3 cm³/mol. The van der Waals surface area contributed by atoms with Gasteiger partial charge in [0.05, 0.1) is 10.6 Å². The zero-order valence-electron chi connectivity index (χ0n) is 12.1. The molecule has 2 rings (SSSR count). The number of carbonyl (C=O) groups is 1. The molecule has 1 aliphatic rings. The fraction of sp³-hybridized carbons (Fsp3) is 0.571. The van der Waals surface area contributed by atoms with Crippen molar-refractivity contribution in [3.05, 3.63) is 22.8 Å². The molecule has 2 atom stereocenters. The topological polar surface area (TPSA) is 57.3 Å². The third-order valence-corrected chi connectivity index (χ3v) is 4.08. The number of rotatable bonds is 3. The van der Waals surface area contributed by atoms with Crippen molar-refractivity contribution >= 4 is 23.3 Å². The van der Waals surface area contributed by atoms with Crippen molar-refractivity contribution in [2.24, 2.45) is 5.92 Å². The highest BCUT2D eigenvalue weighted by molar-refractivity contribution is 6.33. The standard InChI is InChI=1S/C14H21ClN4O/c1-9-8-19(3)5-4-12(9)18-14(20)10-6-13(16-2)17-7-11(10)15/h6-7,9,12H,4-5,8H2,1-3H3,(H,16,17)(H,18,20). The first-order valence-electron chi connectivity index (χ1n) is 6.84. The van der Waals surface area contributed by atoms with Gasteiger partial charge in [-0.1, -0.05) is 18.5 Å². The number of hydrogen-bond donors (Lipinski definition) is 2. The predicted octanol–water partition coefficient (Wildman–Crippen LogP) is 1.85. The van der Waals surface area contributed by atoms with Crippen LogP contribution < -0.4 is 10.6 Å². The summed E-state index contributed by atoms with van der Waals surface area (Å²) in [4.78, 5) is 18.7. The van der Waals surface area contributed by atoms with Crippen LogP contribution in [0.25, 0.3) is 0 Å². The molecule has 1 aromatic heterocycles. The minimum atomic E-state index is -0.129. The number of hydrogen-bond acceptors (Lipinski definition) is 4. The molecule has 110 valence electrons. The second-order valence-electron chi connectivity index (χ2n) is 5.41. The van der Waals surface area contributed by atoms with Gasteiger partial charge in [-0.25, -0.2) is 4.98 Å².